The van der Waals surface area contributed by atoms with Crippen molar-refractivity contribution in [2.75, 3.05) is 6.54 Å². The molecule has 2 aromatic rings. The standard InChI is InChI=1S/C19H26N6O2/c1-12-17(13(2)22-21-12)9-18(26)20-10-15-8-16-11-24(6-7-25(16)23-15)19(27)14-4-3-5-14/h8,14H,3-7,9-11H2,1-2H3,(H,20,26)(H,21,22). The number of amides is 2. The Labute approximate surface area is 158 Å². The van der Waals surface area contributed by atoms with Crippen molar-refractivity contribution < 1.29 is 9.59 Å². The van der Waals surface area contributed by atoms with E-state index in [-0.39, 0.29) is 17.7 Å². The number of aryl methyl sites for hydroxylation is 2. The fourth-order valence-corrected chi connectivity index (χ4v) is 3.76. The highest BCUT2D eigenvalue weighted by atomic mass is 16.2. The summed E-state index contributed by atoms with van der Waals surface area (Å²) in [6.45, 7) is 6.26. The second-order valence-electron chi connectivity index (χ2n) is 7.60. The van der Waals surface area contributed by atoms with Gasteiger partial charge in [0.25, 0.3) is 0 Å². The van der Waals surface area contributed by atoms with Crippen LogP contribution in [0.25, 0.3) is 0 Å². The van der Waals surface area contributed by atoms with E-state index in [0.717, 1.165) is 54.3 Å². The monoisotopic (exact) mass is 370 g/mol. The summed E-state index contributed by atoms with van der Waals surface area (Å²) in [6.07, 6.45) is 3.54. The molecule has 2 N–H and O–H groups in total. The largest absolute Gasteiger partial charge is 0.350 e. The molecule has 4 rings (SSSR count). The van der Waals surface area contributed by atoms with Crippen molar-refractivity contribution in [1.29, 1.82) is 0 Å². The number of H-pyrrole nitrogens is 1. The fourth-order valence-electron chi connectivity index (χ4n) is 3.76. The van der Waals surface area contributed by atoms with Crippen molar-refractivity contribution in [2.45, 2.75) is 59.2 Å². The van der Waals surface area contributed by atoms with E-state index in [1.54, 1.807) is 0 Å². The van der Waals surface area contributed by atoms with Crippen molar-refractivity contribution in [1.82, 2.24) is 30.2 Å². The van der Waals surface area contributed by atoms with Crippen molar-refractivity contribution in [3.05, 3.63) is 34.4 Å². The van der Waals surface area contributed by atoms with E-state index in [2.05, 4.69) is 20.6 Å². The number of nitrogens with one attached hydrogen (secondary N) is 2. The Morgan fingerprint density at radius 3 is 2.78 bits per heavy atom. The summed E-state index contributed by atoms with van der Waals surface area (Å²) in [4.78, 5) is 26.6. The summed E-state index contributed by atoms with van der Waals surface area (Å²) in [5, 5.41) is 14.5. The second kappa shape index (κ2) is 7.17. The molecule has 2 amide bonds. The Morgan fingerprint density at radius 2 is 2.11 bits per heavy atom. The molecule has 144 valence electrons. The number of rotatable bonds is 5. The van der Waals surface area contributed by atoms with Crippen molar-refractivity contribution in [3.8, 4) is 0 Å². The highest BCUT2D eigenvalue weighted by Crippen LogP contribution is 2.29. The maximum Gasteiger partial charge on any atom is 0.226 e. The Hall–Kier alpha value is -2.64. The van der Waals surface area contributed by atoms with E-state index >= 15 is 0 Å². The minimum Gasteiger partial charge on any atom is -0.350 e. The zero-order valence-corrected chi connectivity index (χ0v) is 15.9. The molecule has 2 aromatic heterocycles. The Kier molecular flexibility index (Phi) is 4.72. The van der Waals surface area contributed by atoms with E-state index < -0.39 is 0 Å². The fraction of sp³-hybridized carbons (Fsp3) is 0.579. The van der Waals surface area contributed by atoms with Gasteiger partial charge in [0.15, 0.2) is 0 Å². The maximum atomic E-state index is 12.4. The molecule has 8 heteroatoms. The number of hydrogen-bond acceptors (Lipinski definition) is 4. The molecule has 1 saturated carbocycles. The van der Waals surface area contributed by atoms with Gasteiger partial charge in [-0.05, 0) is 32.8 Å². The van der Waals surface area contributed by atoms with E-state index in [0.29, 0.717) is 19.5 Å². The van der Waals surface area contributed by atoms with Gasteiger partial charge in [-0.1, -0.05) is 6.42 Å². The van der Waals surface area contributed by atoms with Gasteiger partial charge < -0.3 is 10.2 Å². The lowest BCUT2D eigenvalue weighted by molar-refractivity contribution is -0.139. The molecule has 0 spiro atoms. The van der Waals surface area contributed by atoms with Crippen LogP contribution >= 0.6 is 0 Å². The molecule has 1 aliphatic carbocycles. The van der Waals surface area contributed by atoms with Crippen LogP contribution < -0.4 is 5.32 Å². The van der Waals surface area contributed by atoms with Crippen LogP contribution in [-0.4, -0.2) is 43.2 Å². The van der Waals surface area contributed by atoms with Gasteiger partial charge in [0.2, 0.25) is 11.8 Å². The van der Waals surface area contributed by atoms with Crippen LogP contribution in [0, 0.1) is 19.8 Å². The van der Waals surface area contributed by atoms with Crippen LogP contribution in [0.5, 0.6) is 0 Å². The van der Waals surface area contributed by atoms with Crippen LogP contribution in [0.3, 0.4) is 0 Å². The Morgan fingerprint density at radius 1 is 1.30 bits per heavy atom. The summed E-state index contributed by atoms with van der Waals surface area (Å²) in [6, 6.07) is 1.99. The number of nitrogens with zero attached hydrogens (tertiary/aromatic N) is 4. The first-order valence-corrected chi connectivity index (χ1v) is 9.63. The molecule has 0 bridgehead atoms. The Balaban J connectivity index is 1.33. The molecule has 1 fully saturated rings. The molecule has 0 atom stereocenters. The number of carbonyl (C=O) groups excluding carboxylic acids is 2. The molecular formula is C19H26N6O2. The molecule has 8 nitrogen and oxygen atoms in total. The topological polar surface area (TPSA) is 95.9 Å². The highest BCUT2D eigenvalue weighted by Gasteiger charge is 2.31. The van der Waals surface area contributed by atoms with Gasteiger partial charge in [-0.25, -0.2) is 0 Å². The number of hydrogen-bond donors (Lipinski definition) is 2. The van der Waals surface area contributed by atoms with E-state index in [1.165, 1.54) is 6.42 Å². The third kappa shape index (κ3) is 3.61. The molecular weight excluding hydrogens is 344 g/mol. The minimum absolute atomic E-state index is 0.0460. The summed E-state index contributed by atoms with van der Waals surface area (Å²) in [5.41, 5.74) is 4.60. The van der Waals surface area contributed by atoms with E-state index in [9.17, 15) is 9.59 Å². The average Bonchev–Trinajstić information content (AvgIpc) is 3.15. The van der Waals surface area contributed by atoms with Gasteiger partial charge in [-0.3, -0.25) is 19.4 Å². The molecule has 0 radical (unpaired) electrons. The lowest BCUT2D eigenvalue weighted by Crippen LogP contribution is -2.43. The smallest absolute Gasteiger partial charge is 0.226 e. The van der Waals surface area contributed by atoms with E-state index in [1.807, 2.05) is 29.5 Å². The van der Waals surface area contributed by atoms with Gasteiger partial charge in [-0.15, -0.1) is 0 Å². The van der Waals surface area contributed by atoms with Crippen LogP contribution in [0.2, 0.25) is 0 Å². The van der Waals surface area contributed by atoms with Crippen molar-refractivity contribution in [3.63, 3.8) is 0 Å². The number of aromatic nitrogens is 4. The zero-order chi connectivity index (χ0) is 19.0. The molecule has 0 unspecified atom stereocenters. The van der Waals surface area contributed by atoms with Crippen LogP contribution in [0.15, 0.2) is 6.07 Å². The number of fused-ring (bicyclic) bond motifs is 1. The molecule has 2 aliphatic rings. The van der Waals surface area contributed by atoms with Gasteiger partial charge in [0.05, 0.1) is 43.1 Å². The van der Waals surface area contributed by atoms with Gasteiger partial charge in [0, 0.05) is 23.7 Å². The maximum absolute atomic E-state index is 12.4. The summed E-state index contributed by atoms with van der Waals surface area (Å²) in [7, 11) is 0. The van der Waals surface area contributed by atoms with Crippen LogP contribution in [-0.2, 0) is 35.6 Å². The van der Waals surface area contributed by atoms with Gasteiger partial charge >= 0.3 is 0 Å². The van der Waals surface area contributed by atoms with Crippen molar-refractivity contribution >= 4 is 11.8 Å². The predicted octanol–water partition coefficient (Wildman–Crippen LogP) is 1.22. The SMILES string of the molecule is Cc1n[nH]c(C)c1CC(=O)NCc1cc2n(n1)CCN(C(=O)C1CCC1)C2. The third-order valence-corrected chi connectivity index (χ3v) is 5.70. The molecule has 27 heavy (non-hydrogen) atoms. The lowest BCUT2D eigenvalue weighted by atomic mass is 9.84. The Bertz CT molecular complexity index is 844. The summed E-state index contributed by atoms with van der Waals surface area (Å²) in [5.74, 6) is 0.470. The number of aromatic amines is 1. The lowest BCUT2D eigenvalue weighted by Gasteiger charge is -2.34. The predicted molar refractivity (Wildman–Crippen MR) is 98.6 cm³/mol. The first kappa shape index (κ1) is 17.8. The molecule has 3 heterocycles. The van der Waals surface area contributed by atoms with E-state index in [4.69, 9.17) is 0 Å². The number of carbonyl (C=O) groups is 2. The summed E-state index contributed by atoms with van der Waals surface area (Å²) >= 11 is 0. The first-order valence-electron chi connectivity index (χ1n) is 9.63. The van der Waals surface area contributed by atoms with Crippen LogP contribution in [0.4, 0.5) is 0 Å². The van der Waals surface area contributed by atoms with Crippen LogP contribution in [0.1, 0.15) is 47.6 Å². The highest BCUT2D eigenvalue weighted by molar-refractivity contribution is 5.80. The third-order valence-electron chi connectivity index (χ3n) is 5.70. The van der Waals surface area contributed by atoms with Gasteiger partial charge in [-0.2, -0.15) is 10.2 Å². The quantitative estimate of drug-likeness (QED) is 0.827. The normalized spacial score (nSPS) is 16.7. The second-order valence-corrected chi connectivity index (χ2v) is 7.60. The van der Waals surface area contributed by atoms with Crippen molar-refractivity contribution in [2.24, 2.45) is 5.92 Å². The average molecular weight is 370 g/mol. The molecule has 1 aliphatic heterocycles. The van der Waals surface area contributed by atoms with Gasteiger partial charge in [0.1, 0.15) is 0 Å². The molecule has 0 saturated heterocycles. The minimum atomic E-state index is -0.0460. The summed E-state index contributed by atoms with van der Waals surface area (Å²) < 4.78 is 1.95. The zero-order valence-electron chi connectivity index (χ0n) is 15.9. The molecule has 0 aromatic carbocycles. The first-order chi connectivity index (χ1) is 13.0.